The first-order chi connectivity index (χ1) is 12.8. The monoisotopic (exact) mass is 379 g/mol. The van der Waals surface area contributed by atoms with Crippen molar-refractivity contribution in [3.05, 3.63) is 41.6 Å². The van der Waals surface area contributed by atoms with Gasteiger partial charge in [0.05, 0.1) is 17.3 Å². The van der Waals surface area contributed by atoms with E-state index in [1.54, 1.807) is 19.0 Å². The molecule has 1 amide bonds. The average molecular weight is 379 g/mol. The number of rotatable bonds is 4. The molecule has 1 aromatic heterocycles. The van der Waals surface area contributed by atoms with Crippen LogP contribution >= 0.6 is 0 Å². The summed E-state index contributed by atoms with van der Waals surface area (Å²) < 4.78 is 39.5. The number of nitrogens with zero attached hydrogens (tertiary/aromatic N) is 4. The highest BCUT2D eigenvalue weighted by Crippen LogP contribution is 2.33. The fourth-order valence-corrected chi connectivity index (χ4v) is 2.98. The van der Waals surface area contributed by atoms with E-state index >= 15 is 0 Å². The van der Waals surface area contributed by atoms with E-state index in [2.05, 4.69) is 15.3 Å². The van der Waals surface area contributed by atoms with Crippen LogP contribution in [0, 0.1) is 0 Å². The summed E-state index contributed by atoms with van der Waals surface area (Å²) >= 11 is 0. The molecule has 1 aromatic carbocycles. The number of anilines is 3. The van der Waals surface area contributed by atoms with Crippen molar-refractivity contribution in [3.63, 3.8) is 0 Å². The Labute approximate surface area is 155 Å². The second kappa shape index (κ2) is 7.42. The Kier molecular flexibility index (Phi) is 5.20. The topological polar surface area (TPSA) is 61.4 Å². The summed E-state index contributed by atoms with van der Waals surface area (Å²) in [6.45, 7) is 1.72. The summed E-state index contributed by atoms with van der Waals surface area (Å²) in [7, 11) is 3.49. The minimum Gasteiger partial charge on any atom is -0.361 e. The predicted octanol–water partition coefficient (Wildman–Crippen LogP) is 3.41. The third kappa shape index (κ3) is 4.12. The van der Waals surface area contributed by atoms with Crippen LogP contribution in [0.25, 0.3) is 0 Å². The molecule has 1 aliphatic rings. The molecule has 2 aromatic rings. The number of aromatic nitrogens is 2. The molecule has 0 saturated carbocycles. The first kappa shape index (κ1) is 18.9. The molecule has 144 valence electrons. The van der Waals surface area contributed by atoms with Crippen LogP contribution in [-0.4, -0.2) is 43.1 Å². The first-order valence-electron chi connectivity index (χ1n) is 8.54. The van der Waals surface area contributed by atoms with E-state index in [1.807, 2.05) is 4.90 Å². The summed E-state index contributed by atoms with van der Waals surface area (Å²) in [6.07, 6.45) is -1.06. The molecule has 0 radical (unpaired) electrons. The number of alkyl halides is 3. The van der Waals surface area contributed by atoms with Gasteiger partial charge in [0.1, 0.15) is 5.69 Å². The Hall–Kier alpha value is -2.84. The van der Waals surface area contributed by atoms with Crippen molar-refractivity contribution in [2.45, 2.75) is 19.0 Å². The van der Waals surface area contributed by atoms with Gasteiger partial charge in [0.2, 0.25) is 5.95 Å². The lowest BCUT2D eigenvalue weighted by Gasteiger charge is -2.21. The minimum absolute atomic E-state index is 0.255. The van der Waals surface area contributed by atoms with Crippen molar-refractivity contribution in [2.75, 3.05) is 42.3 Å². The second-order valence-corrected chi connectivity index (χ2v) is 6.49. The molecular weight excluding hydrogens is 359 g/mol. The standard InChI is InChI=1S/C18H20F3N5O/c1-25(2)15-14(11-22-17(24-15)26-9-5-6-10-26)23-16(27)12-7-3-4-8-13(12)18(19,20)21/h3-4,7-8,11H,5-6,9-10H2,1-2H3,(H,23,27). The van der Waals surface area contributed by atoms with Gasteiger partial charge in [0.15, 0.2) is 5.82 Å². The van der Waals surface area contributed by atoms with Gasteiger partial charge >= 0.3 is 6.18 Å². The number of halogens is 3. The number of carbonyl (C=O) groups excluding carboxylic acids is 1. The van der Waals surface area contributed by atoms with Gasteiger partial charge in [-0.3, -0.25) is 4.79 Å². The molecule has 2 heterocycles. The van der Waals surface area contributed by atoms with Gasteiger partial charge < -0.3 is 15.1 Å². The van der Waals surface area contributed by atoms with Gasteiger partial charge in [0, 0.05) is 27.2 Å². The Morgan fingerprint density at radius 3 is 2.48 bits per heavy atom. The summed E-state index contributed by atoms with van der Waals surface area (Å²) in [5.74, 6) is 0.123. The number of hydrogen-bond donors (Lipinski definition) is 1. The molecule has 0 spiro atoms. The molecule has 1 fully saturated rings. The highest BCUT2D eigenvalue weighted by atomic mass is 19.4. The molecule has 0 unspecified atom stereocenters. The van der Waals surface area contributed by atoms with Crippen LogP contribution in [0.5, 0.6) is 0 Å². The van der Waals surface area contributed by atoms with Crippen molar-refractivity contribution in [3.8, 4) is 0 Å². The molecule has 3 rings (SSSR count). The molecule has 1 aliphatic heterocycles. The van der Waals surface area contributed by atoms with Crippen molar-refractivity contribution in [2.24, 2.45) is 0 Å². The van der Waals surface area contributed by atoms with Crippen molar-refractivity contribution in [1.82, 2.24) is 9.97 Å². The van der Waals surface area contributed by atoms with E-state index in [-0.39, 0.29) is 5.69 Å². The maximum Gasteiger partial charge on any atom is 0.417 e. The summed E-state index contributed by atoms with van der Waals surface area (Å²) in [6, 6.07) is 4.67. The summed E-state index contributed by atoms with van der Waals surface area (Å²) in [5.41, 5.74) is -1.17. The summed E-state index contributed by atoms with van der Waals surface area (Å²) in [4.78, 5) is 25.0. The van der Waals surface area contributed by atoms with E-state index in [1.165, 1.54) is 18.3 Å². The molecular formula is C18H20F3N5O. The average Bonchev–Trinajstić information content (AvgIpc) is 3.15. The molecule has 9 heteroatoms. The normalized spacial score (nSPS) is 14.3. The van der Waals surface area contributed by atoms with Gasteiger partial charge in [-0.2, -0.15) is 18.2 Å². The molecule has 0 aliphatic carbocycles. The maximum absolute atomic E-state index is 13.2. The quantitative estimate of drug-likeness (QED) is 0.882. The fourth-order valence-electron chi connectivity index (χ4n) is 2.98. The summed E-state index contributed by atoms with van der Waals surface area (Å²) in [5, 5.41) is 2.51. The molecule has 0 bridgehead atoms. The highest BCUT2D eigenvalue weighted by Gasteiger charge is 2.35. The smallest absolute Gasteiger partial charge is 0.361 e. The van der Waals surface area contributed by atoms with E-state index in [0.717, 1.165) is 38.1 Å². The van der Waals surface area contributed by atoms with Crippen LogP contribution < -0.4 is 15.1 Å². The van der Waals surface area contributed by atoms with Crippen LogP contribution in [0.1, 0.15) is 28.8 Å². The van der Waals surface area contributed by atoms with E-state index in [0.29, 0.717) is 11.8 Å². The van der Waals surface area contributed by atoms with Crippen LogP contribution in [0.2, 0.25) is 0 Å². The third-order valence-corrected chi connectivity index (χ3v) is 4.29. The lowest BCUT2D eigenvalue weighted by atomic mass is 10.1. The Balaban J connectivity index is 1.90. The Morgan fingerprint density at radius 2 is 1.85 bits per heavy atom. The van der Waals surface area contributed by atoms with Gasteiger partial charge in [0.25, 0.3) is 5.91 Å². The molecule has 1 saturated heterocycles. The number of nitrogens with one attached hydrogen (secondary N) is 1. The fraction of sp³-hybridized carbons (Fsp3) is 0.389. The van der Waals surface area contributed by atoms with Gasteiger partial charge in [-0.1, -0.05) is 12.1 Å². The predicted molar refractivity (Wildman–Crippen MR) is 97.2 cm³/mol. The molecule has 27 heavy (non-hydrogen) atoms. The van der Waals surface area contributed by atoms with Crippen molar-refractivity contribution in [1.29, 1.82) is 0 Å². The van der Waals surface area contributed by atoms with Crippen LogP contribution in [0.15, 0.2) is 30.5 Å². The lowest BCUT2D eigenvalue weighted by Crippen LogP contribution is -2.24. The van der Waals surface area contributed by atoms with E-state index in [9.17, 15) is 18.0 Å². The molecule has 6 nitrogen and oxygen atoms in total. The number of benzene rings is 1. The highest BCUT2D eigenvalue weighted by molar-refractivity contribution is 6.06. The third-order valence-electron chi connectivity index (χ3n) is 4.29. The van der Waals surface area contributed by atoms with Gasteiger partial charge in [-0.15, -0.1) is 0 Å². The second-order valence-electron chi connectivity index (χ2n) is 6.49. The van der Waals surface area contributed by atoms with E-state index in [4.69, 9.17) is 0 Å². The Morgan fingerprint density at radius 1 is 1.19 bits per heavy atom. The largest absolute Gasteiger partial charge is 0.417 e. The maximum atomic E-state index is 13.2. The zero-order valence-corrected chi connectivity index (χ0v) is 15.0. The van der Waals surface area contributed by atoms with Crippen LogP contribution in [0.3, 0.4) is 0 Å². The lowest BCUT2D eigenvalue weighted by molar-refractivity contribution is -0.137. The van der Waals surface area contributed by atoms with Crippen molar-refractivity contribution < 1.29 is 18.0 Å². The number of amides is 1. The number of carbonyl (C=O) groups is 1. The SMILES string of the molecule is CN(C)c1nc(N2CCCC2)ncc1NC(=O)c1ccccc1C(F)(F)F. The Bertz CT molecular complexity index is 832. The van der Waals surface area contributed by atoms with Gasteiger partial charge in [-0.05, 0) is 25.0 Å². The van der Waals surface area contributed by atoms with Crippen LogP contribution in [-0.2, 0) is 6.18 Å². The van der Waals surface area contributed by atoms with E-state index < -0.39 is 23.2 Å². The zero-order chi connectivity index (χ0) is 19.6. The van der Waals surface area contributed by atoms with Crippen LogP contribution in [0.4, 0.5) is 30.6 Å². The zero-order valence-electron chi connectivity index (χ0n) is 15.0. The van der Waals surface area contributed by atoms with Crippen molar-refractivity contribution >= 4 is 23.4 Å². The molecule has 0 atom stereocenters. The first-order valence-corrected chi connectivity index (χ1v) is 8.54. The number of hydrogen-bond acceptors (Lipinski definition) is 5. The molecule has 1 N–H and O–H groups in total. The van der Waals surface area contributed by atoms with Gasteiger partial charge in [-0.25, -0.2) is 4.98 Å². The minimum atomic E-state index is -4.62.